The van der Waals surface area contributed by atoms with Crippen molar-refractivity contribution < 1.29 is 19.6 Å². The zero-order valence-electron chi connectivity index (χ0n) is 6.71. The number of imidazole rings is 1. The van der Waals surface area contributed by atoms with Crippen molar-refractivity contribution in [3.8, 4) is 0 Å². The van der Waals surface area contributed by atoms with Gasteiger partial charge in [0, 0.05) is 0 Å². The van der Waals surface area contributed by atoms with Gasteiger partial charge in [0.25, 0.3) is 0 Å². The average molecular weight is 171 g/mol. The minimum atomic E-state index is -1.83. The summed E-state index contributed by atoms with van der Waals surface area (Å²) in [5.74, 6) is 0. The van der Waals surface area contributed by atoms with Crippen molar-refractivity contribution in [2.75, 3.05) is 0 Å². The van der Waals surface area contributed by atoms with Gasteiger partial charge in [0.15, 0.2) is 0 Å². The number of nitrogens with zero attached hydrogens (tertiary/aromatic N) is 2. The first-order valence-corrected chi connectivity index (χ1v) is 3.13. The van der Waals surface area contributed by atoms with Crippen molar-refractivity contribution >= 4 is 12.4 Å². The number of hydrogen-bond donors (Lipinski definition) is 2. The number of rotatable bonds is 1. The van der Waals surface area contributed by atoms with Gasteiger partial charge in [0.1, 0.15) is 12.4 Å². The first-order chi connectivity index (χ1) is 5.56. The topological polar surface area (TPSA) is 66.3 Å². The van der Waals surface area contributed by atoms with Gasteiger partial charge in [0.05, 0.1) is 13.2 Å². The average Bonchev–Trinajstić information content (AvgIpc) is 2.34. The Bertz CT molecular complexity index is 263. The van der Waals surface area contributed by atoms with E-state index in [9.17, 15) is 0 Å². The van der Waals surface area contributed by atoms with Gasteiger partial charge >= 0.3 is 6.16 Å². The van der Waals surface area contributed by atoms with Gasteiger partial charge in [-0.25, -0.2) is 13.9 Å². The van der Waals surface area contributed by atoms with Crippen molar-refractivity contribution in [3.63, 3.8) is 0 Å². The van der Waals surface area contributed by atoms with E-state index in [1.807, 2.05) is 34.9 Å². The molecule has 0 aliphatic rings. The Balaban J connectivity index is 0.000000261. The van der Waals surface area contributed by atoms with E-state index in [0.29, 0.717) is 0 Å². The lowest BCUT2D eigenvalue weighted by molar-refractivity contribution is -0.567. The lowest BCUT2D eigenvalue weighted by Gasteiger charge is -1.74. The van der Waals surface area contributed by atoms with Gasteiger partial charge in [-0.2, -0.15) is 0 Å². The largest absolute Gasteiger partial charge is 0.503 e. The second-order valence-electron chi connectivity index (χ2n) is 1.99. The highest BCUT2D eigenvalue weighted by molar-refractivity contribution is 5.53. The van der Waals surface area contributed by atoms with E-state index >= 15 is 0 Å². The molecule has 0 spiro atoms. The fraction of sp³-hybridized carbons (Fsp3) is 0.143. The summed E-state index contributed by atoms with van der Waals surface area (Å²) in [5.41, 5.74) is 0. The maximum atomic E-state index is 8.56. The predicted molar refractivity (Wildman–Crippen MR) is 42.6 cm³/mol. The Morgan fingerprint density at radius 3 is 2.33 bits per heavy atom. The first-order valence-electron chi connectivity index (χ1n) is 3.13. The SMILES string of the molecule is C=C[n+]1ccn(C)c1.O=C(O)O. The van der Waals surface area contributed by atoms with Crippen LogP contribution in [0.1, 0.15) is 0 Å². The monoisotopic (exact) mass is 171 g/mol. The van der Waals surface area contributed by atoms with Gasteiger partial charge in [-0.15, -0.1) is 0 Å². The van der Waals surface area contributed by atoms with Crippen molar-refractivity contribution in [2.24, 2.45) is 7.05 Å². The number of aryl methyl sites for hydroxylation is 1. The van der Waals surface area contributed by atoms with Crippen LogP contribution in [-0.4, -0.2) is 20.9 Å². The van der Waals surface area contributed by atoms with Crippen LogP contribution in [0, 0.1) is 0 Å². The summed E-state index contributed by atoms with van der Waals surface area (Å²) in [6.45, 7) is 3.59. The first kappa shape index (κ1) is 10.2. The molecule has 1 heterocycles. The number of hydrogen-bond acceptors (Lipinski definition) is 1. The van der Waals surface area contributed by atoms with Gasteiger partial charge < -0.3 is 10.2 Å². The number of carboxylic acid groups (broad SMARTS) is 2. The number of aromatic nitrogens is 2. The Labute approximate surface area is 69.8 Å². The molecule has 5 nitrogen and oxygen atoms in total. The van der Waals surface area contributed by atoms with Crippen LogP contribution in [0.25, 0.3) is 6.20 Å². The highest BCUT2D eigenvalue weighted by atomic mass is 16.6. The van der Waals surface area contributed by atoms with Gasteiger partial charge in [-0.3, -0.25) is 0 Å². The van der Waals surface area contributed by atoms with Crippen LogP contribution in [0.15, 0.2) is 25.3 Å². The normalized spacial score (nSPS) is 8.08. The lowest BCUT2D eigenvalue weighted by Crippen LogP contribution is -2.20. The summed E-state index contributed by atoms with van der Waals surface area (Å²) < 4.78 is 3.85. The molecule has 2 N–H and O–H groups in total. The van der Waals surface area contributed by atoms with E-state index in [4.69, 9.17) is 15.0 Å². The molecule has 66 valence electrons. The zero-order valence-corrected chi connectivity index (χ0v) is 6.71. The summed E-state index contributed by atoms with van der Waals surface area (Å²) in [6.07, 6.45) is 5.75. The van der Waals surface area contributed by atoms with E-state index in [1.54, 1.807) is 6.20 Å². The Kier molecular flexibility index (Phi) is 4.21. The van der Waals surface area contributed by atoms with E-state index in [-0.39, 0.29) is 0 Å². The fourth-order valence-corrected chi connectivity index (χ4v) is 0.577. The molecule has 0 saturated carbocycles. The predicted octanol–water partition coefficient (Wildman–Crippen LogP) is 0.636. The van der Waals surface area contributed by atoms with E-state index in [1.165, 1.54) is 0 Å². The highest BCUT2D eigenvalue weighted by Crippen LogP contribution is 1.74. The molecular formula is C7H11N2O3+. The van der Waals surface area contributed by atoms with Crippen LogP contribution in [0.4, 0.5) is 4.79 Å². The maximum absolute atomic E-state index is 8.56. The molecule has 1 aromatic rings. The summed E-state index contributed by atoms with van der Waals surface area (Å²) in [6, 6.07) is 0. The van der Waals surface area contributed by atoms with Gasteiger partial charge in [-0.05, 0) is 0 Å². The third kappa shape index (κ3) is 5.04. The van der Waals surface area contributed by atoms with Gasteiger partial charge in [-0.1, -0.05) is 6.58 Å². The second-order valence-corrected chi connectivity index (χ2v) is 1.99. The summed E-state index contributed by atoms with van der Waals surface area (Å²) >= 11 is 0. The lowest BCUT2D eigenvalue weighted by atomic mass is 10.8. The van der Waals surface area contributed by atoms with Crippen LogP contribution in [0.5, 0.6) is 0 Å². The third-order valence-electron chi connectivity index (χ3n) is 1.00. The molecule has 1 rings (SSSR count). The van der Waals surface area contributed by atoms with E-state index in [0.717, 1.165) is 0 Å². The molecule has 12 heavy (non-hydrogen) atoms. The van der Waals surface area contributed by atoms with Crippen molar-refractivity contribution in [2.45, 2.75) is 0 Å². The second kappa shape index (κ2) is 4.95. The summed E-state index contributed by atoms with van der Waals surface area (Å²) in [5, 5.41) is 13.9. The van der Waals surface area contributed by atoms with Crippen LogP contribution < -0.4 is 4.57 Å². The minimum Gasteiger partial charge on any atom is -0.450 e. The quantitative estimate of drug-likeness (QED) is 0.609. The molecule has 0 aliphatic heterocycles. The van der Waals surface area contributed by atoms with E-state index in [2.05, 4.69) is 6.58 Å². The summed E-state index contributed by atoms with van der Waals surface area (Å²) in [4.78, 5) is 8.56. The Hall–Kier alpha value is -1.78. The van der Waals surface area contributed by atoms with Crippen molar-refractivity contribution in [1.29, 1.82) is 0 Å². The number of carbonyl (C=O) groups is 1. The standard InChI is InChI=1S/C6H9N2.CH2O3/c1-3-8-5-4-7(2)6-8;2-1(3)4/h3-6H,1H2,2H3;(H2,2,3,4)/q+1;. The van der Waals surface area contributed by atoms with Crippen LogP contribution in [0.3, 0.4) is 0 Å². The molecule has 0 radical (unpaired) electrons. The smallest absolute Gasteiger partial charge is 0.450 e. The molecule has 0 aromatic carbocycles. The molecule has 0 aliphatic carbocycles. The minimum absolute atomic E-state index is 1.75. The maximum Gasteiger partial charge on any atom is 0.503 e. The van der Waals surface area contributed by atoms with Crippen LogP contribution in [0.2, 0.25) is 0 Å². The third-order valence-corrected chi connectivity index (χ3v) is 1.00. The van der Waals surface area contributed by atoms with E-state index < -0.39 is 6.16 Å². The Morgan fingerprint density at radius 2 is 2.17 bits per heavy atom. The Morgan fingerprint density at radius 1 is 1.67 bits per heavy atom. The molecular weight excluding hydrogens is 160 g/mol. The van der Waals surface area contributed by atoms with Crippen molar-refractivity contribution in [1.82, 2.24) is 4.57 Å². The van der Waals surface area contributed by atoms with Crippen LogP contribution in [-0.2, 0) is 7.05 Å². The van der Waals surface area contributed by atoms with Gasteiger partial charge in [0.2, 0.25) is 6.33 Å². The molecule has 1 aromatic heterocycles. The van der Waals surface area contributed by atoms with Crippen molar-refractivity contribution in [3.05, 3.63) is 25.3 Å². The molecule has 0 amide bonds. The highest BCUT2D eigenvalue weighted by Gasteiger charge is 1.90. The molecule has 0 saturated heterocycles. The summed E-state index contributed by atoms with van der Waals surface area (Å²) in [7, 11) is 1.97. The fourth-order valence-electron chi connectivity index (χ4n) is 0.577. The molecule has 0 fully saturated rings. The molecule has 0 atom stereocenters. The molecule has 0 bridgehead atoms. The zero-order chi connectivity index (χ0) is 9.56. The molecule has 5 heteroatoms. The molecule has 0 unspecified atom stereocenters. The van der Waals surface area contributed by atoms with Crippen LogP contribution >= 0.6 is 0 Å².